The molecule has 1 aliphatic heterocycles. The monoisotopic (exact) mass is 521 g/mol. The fraction of sp³-hybridized carbons (Fsp3) is 0.387. The molecule has 1 amide bonds. The van der Waals surface area contributed by atoms with Gasteiger partial charge in [-0.2, -0.15) is 0 Å². The number of carbonyl (C=O) groups is 1. The van der Waals surface area contributed by atoms with Crippen LogP contribution in [0.5, 0.6) is 23.0 Å². The summed E-state index contributed by atoms with van der Waals surface area (Å²) in [6, 6.07) is 15.4. The lowest BCUT2D eigenvalue weighted by Gasteiger charge is -2.38. The zero-order valence-corrected chi connectivity index (χ0v) is 22.6. The molecule has 202 valence electrons. The summed E-state index contributed by atoms with van der Waals surface area (Å²) in [6.07, 6.45) is 1.24. The minimum Gasteiger partial charge on any atom is -0.490 e. The second-order valence-electron chi connectivity index (χ2n) is 8.99. The molecule has 0 N–H and O–H groups in total. The van der Waals surface area contributed by atoms with Gasteiger partial charge in [-0.05, 0) is 106 Å². The molecule has 0 fully saturated rings. The summed E-state index contributed by atoms with van der Waals surface area (Å²) in [7, 11) is 0. The highest BCUT2D eigenvalue weighted by molar-refractivity contribution is 5.94. The van der Waals surface area contributed by atoms with Gasteiger partial charge in [-0.25, -0.2) is 4.39 Å². The lowest BCUT2D eigenvalue weighted by molar-refractivity contribution is 0.0659. The average molecular weight is 522 g/mol. The first kappa shape index (κ1) is 27.3. The topological polar surface area (TPSA) is 57.2 Å². The zero-order valence-electron chi connectivity index (χ0n) is 22.6. The molecule has 38 heavy (non-hydrogen) atoms. The summed E-state index contributed by atoms with van der Waals surface area (Å²) in [5, 5.41) is 0. The predicted octanol–water partition coefficient (Wildman–Crippen LogP) is 6.40. The highest BCUT2D eigenvalue weighted by Gasteiger charge is 2.33. The number of rotatable bonds is 11. The van der Waals surface area contributed by atoms with E-state index in [1.165, 1.54) is 24.3 Å². The second-order valence-corrected chi connectivity index (χ2v) is 8.99. The third kappa shape index (κ3) is 6.04. The number of hydrogen-bond donors (Lipinski definition) is 0. The maximum Gasteiger partial charge on any atom is 0.254 e. The Labute approximate surface area is 224 Å². The Morgan fingerprint density at radius 2 is 1.37 bits per heavy atom. The fourth-order valence-electron chi connectivity index (χ4n) is 4.91. The lowest BCUT2D eigenvalue weighted by atomic mass is 9.87. The summed E-state index contributed by atoms with van der Waals surface area (Å²) < 4.78 is 37.0. The largest absolute Gasteiger partial charge is 0.490 e. The molecule has 0 aromatic heterocycles. The van der Waals surface area contributed by atoms with Gasteiger partial charge in [-0.3, -0.25) is 4.79 Å². The van der Waals surface area contributed by atoms with Crippen molar-refractivity contribution in [3.8, 4) is 23.0 Å². The average Bonchev–Trinajstić information content (AvgIpc) is 2.91. The Bertz CT molecular complexity index is 1240. The van der Waals surface area contributed by atoms with Crippen LogP contribution in [-0.2, 0) is 12.8 Å². The first-order chi connectivity index (χ1) is 18.5. The van der Waals surface area contributed by atoms with Crippen molar-refractivity contribution in [2.75, 3.05) is 33.0 Å². The molecule has 0 bridgehead atoms. The zero-order chi connectivity index (χ0) is 27.1. The molecule has 0 unspecified atom stereocenters. The lowest BCUT2D eigenvalue weighted by Crippen LogP contribution is -2.41. The van der Waals surface area contributed by atoms with Crippen molar-refractivity contribution in [3.05, 3.63) is 82.7 Å². The highest BCUT2D eigenvalue weighted by Crippen LogP contribution is 2.41. The molecular weight excluding hydrogens is 485 g/mol. The number of carbonyl (C=O) groups excluding carboxylic acids is 1. The molecule has 3 aromatic carbocycles. The van der Waals surface area contributed by atoms with Crippen LogP contribution >= 0.6 is 0 Å². The Morgan fingerprint density at radius 3 is 2.00 bits per heavy atom. The second kappa shape index (κ2) is 12.7. The van der Waals surface area contributed by atoms with Gasteiger partial charge < -0.3 is 23.8 Å². The highest BCUT2D eigenvalue weighted by atomic mass is 19.1. The molecule has 0 aliphatic carbocycles. The van der Waals surface area contributed by atoms with Gasteiger partial charge in [0.15, 0.2) is 23.0 Å². The van der Waals surface area contributed by atoms with Crippen LogP contribution in [0.1, 0.15) is 60.8 Å². The van der Waals surface area contributed by atoms with Gasteiger partial charge in [0.2, 0.25) is 0 Å². The Morgan fingerprint density at radius 1 is 0.789 bits per heavy atom. The fourth-order valence-corrected chi connectivity index (χ4v) is 4.91. The predicted molar refractivity (Wildman–Crippen MR) is 145 cm³/mol. The Balaban J connectivity index is 1.77. The summed E-state index contributed by atoms with van der Waals surface area (Å²) in [5.41, 5.74) is 3.61. The molecule has 0 radical (unpaired) electrons. The van der Waals surface area contributed by atoms with E-state index >= 15 is 0 Å². The smallest absolute Gasteiger partial charge is 0.254 e. The SMILES string of the molecule is CCOc1ccc(C[C@@H]2c3cc(OCC)c(OCC)cc3CCN2C(=O)c2ccc(F)cc2)cc1OCC. The van der Waals surface area contributed by atoms with Crippen LogP contribution in [0.25, 0.3) is 0 Å². The number of halogens is 1. The van der Waals surface area contributed by atoms with Crippen LogP contribution in [-0.4, -0.2) is 43.8 Å². The van der Waals surface area contributed by atoms with Gasteiger partial charge in [0.1, 0.15) is 5.82 Å². The van der Waals surface area contributed by atoms with Crippen molar-refractivity contribution in [1.82, 2.24) is 4.90 Å². The minimum absolute atomic E-state index is 0.136. The maximum atomic E-state index is 13.7. The molecule has 4 rings (SSSR count). The molecule has 0 saturated heterocycles. The van der Waals surface area contributed by atoms with Crippen molar-refractivity contribution in [2.24, 2.45) is 0 Å². The number of nitrogens with zero attached hydrogens (tertiary/aromatic N) is 1. The van der Waals surface area contributed by atoms with E-state index in [0.717, 1.165) is 16.7 Å². The van der Waals surface area contributed by atoms with E-state index in [1.54, 1.807) is 0 Å². The van der Waals surface area contributed by atoms with Crippen LogP contribution in [0, 0.1) is 5.82 Å². The number of fused-ring (bicyclic) bond motifs is 1. The van der Waals surface area contributed by atoms with Crippen LogP contribution in [0.15, 0.2) is 54.6 Å². The van der Waals surface area contributed by atoms with Crippen LogP contribution in [0.3, 0.4) is 0 Å². The van der Waals surface area contributed by atoms with Gasteiger partial charge in [-0.1, -0.05) is 6.07 Å². The third-order valence-electron chi connectivity index (χ3n) is 6.55. The summed E-state index contributed by atoms with van der Waals surface area (Å²) >= 11 is 0. The van der Waals surface area contributed by atoms with E-state index in [4.69, 9.17) is 18.9 Å². The molecule has 3 aromatic rings. The Hall–Kier alpha value is -3.74. The molecule has 7 heteroatoms. The molecule has 0 saturated carbocycles. The van der Waals surface area contributed by atoms with Crippen LogP contribution < -0.4 is 18.9 Å². The van der Waals surface area contributed by atoms with Crippen LogP contribution in [0.2, 0.25) is 0 Å². The molecule has 1 atom stereocenters. The minimum atomic E-state index is -0.371. The molecule has 6 nitrogen and oxygen atoms in total. The summed E-state index contributed by atoms with van der Waals surface area (Å²) in [6.45, 7) is 10.4. The molecule has 1 heterocycles. The van der Waals surface area contributed by atoms with E-state index < -0.39 is 0 Å². The quantitative estimate of drug-likeness (QED) is 0.292. The summed E-state index contributed by atoms with van der Waals surface area (Å²) in [4.78, 5) is 15.6. The number of ether oxygens (including phenoxy) is 4. The molecule has 1 aliphatic rings. The number of amides is 1. The van der Waals surface area contributed by atoms with E-state index in [9.17, 15) is 9.18 Å². The van der Waals surface area contributed by atoms with Gasteiger partial charge >= 0.3 is 0 Å². The van der Waals surface area contributed by atoms with Crippen molar-refractivity contribution in [1.29, 1.82) is 0 Å². The van der Waals surface area contributed by atoms with E-state index in [0.29, 0.717) is 74.4 Å². The first-order valence-corrected chi connectivity index (χ1v) is 13.4. The number of hydrogen-bond acceptors (Lipinski definition) is 5. The summed E-state index contributed by atoms with van der Waals surface area (Å²) in [5.74, 6) is 2.25. The molecule has 0 spiro atoms. The van der Waals surface area contributed by atoms with E-state index in [1.807, 2.05) is 62.9 Å². The van der Waals surface area contributed by atoms with Gasteiger partial charge in [-0.15, -0.1) is 0 Å². The third-order valence-corrected chi connectivity index (χ3v) is 6.55. The Kier molecular flexibility index (Phi) is 9.10. The van der Waals surface area contributed by atoms with Gasteiger partial charge in [0.05, 0.1) is 32.5 Å². The van der Waals surface area contributed by atoms with Crippen molar-refractivity contribution in [3.63, 3.8) is 0 Å². The van der Waals surface area contributed by atoms with Crippen molar-refractivity contribution < 1.29 is 28.1 Å². The van der Waals surface area contributed by atoms with Crippen molar-refractivity contribution in [2.45, 2.75) is 46.6 Å². The van der Waals surface area contributed by atoms with Crippen LogP contribution in [0.4, 0.5) is 4.39 Å². The first-order valence-electron chi connectivity index (χ1n) is 13.4. The van der Waals surface area contributed by atoms with E-state index in [-0.39, 0.29) is 17.8 Å². The van der Waals surface area contributed by atoms with Gasteiger partial charge in [0.25, 0.3) is 5.91 Å². The standard InChI is InChI=1S/C31H36FNO5/c1-5-35-27-14-9-21(18-28(27)36-6-2)17-26-25-20-30(38-8-4)29(37-7-3)19-23(25)15-16-33(26)31(34)22-10-12-24(32)13-11-22/h9-14,18-20,26H,5-8,15-17H2,1-4H3/t26-/m1/s1. The maximum absolute atomic E-state index is 13.7. The van der Waals surface area contributed by atoms with Crippen molar-refractivity contribution >= 4 is 5.91 Å². The van der Waals surface area contributed by atoms with E-state index in [2.05, 4.69) is 0 Å². The normalized spacial score (nSPS) is 14.6. The molecular formula is C31H36FNO5. The van der Waals surface area contributed by atoms with Gasteiger partial charge in [0, 0.05) is 12.1 Å². The number of benzene rings is 3.